The highest BCUT2D eigenvalue weighted by Gasteiger charge is 2.29. The highest BCUT2D eigenvalue weighted by atomic mass is 16.5. The number of hydrogen-bond donors (Lipinski definition) is 2. The number of ether oxygens (including phenoxy) is 3. The lowest BCUT2D eigenvalue weighted by Crippen LogP contribution is -2.44. The minimum absolute atomic E-state index is 0.346. The van der Waals surface area contributed by atoms with Gasteiger partial charge in [0, 0.05) is 37.3 Å². The summed E-state index contributed by atoms with van der Waals surface area (Å²) < 4.78 is 16.5. The molecule has 7 nitrogen and oxygen atoms in total. The Kier molecular flexibility index (Phi) is 8.62. The molecule has 1 heterocycles. The topological polar surface area (TPSA) is 67.4 Å². The first-order valence-corrected chi connectivity index (χ1v) is 11.2. The van der Waals surface area contributed by atoms with E-state index in [1.54, 1.807) is 21.3 Å². The fourth-order valence-electron chi connectivity index (χ4n) is 4.21. The maximum atomic E-state index is 5.60. The summed E-state index contributed by atoms with van der Waals surface area (Å²) in [4.78, 5) is 7.34. The van der Waals surface area contributed by atoms with Crippen molar-refractivity contribution in [3.8, 4) is 17.2 Å². The summed E-state index contributed by atoms with van der Waals surface area (Å²) in [6.45, 7) is 7.59. The molecule has 7 heteroatoms. The van der Waals surface area contributed by atoms with Crippen LogP contribution in [-0.2, 0) is 13.1 Å². The van der Waals surface area contributed by atoms with Crippen molar-refractivity contribution < 1.29 is 14.2 Å². The summed E-state index contributed by atoms with van der Waals surface area (Å²) in [6.07, 6.45) is 1.08. The van der Waals surface area contributed by atoms with Crippen LogP contribution in [0.25, 0.3) is 0 Å². The zero-order chi connectivity index (χ0) is 22.9. The van der Waals surface area contributed by atoms with E-state index in [0.717, 1.165) is 37.6 Å². The maximum Gasteiger partial charge on any atom is 0.203 e. The van der Waals surface area contributed by atoms with Crippen LogP contribution < -0.4 is 24.8 Å². The van der Waals surface area contributed by atoms with Crippen LogP contribution in [0.2, 0.25) is 0 Å². The highest BCUT2D eigenvalue weighted by Crippen LogP contribution is 2.39. The molecule has 2 N–H and O–H groups in total. The van der Waals surface area contributed by atoms with E-state index in [0.29, 0.717) is 35.9 Å². The number of rotatable bonds is 9. The summed E-state index contributed by atoms with van der Waals surface area (Å²) in [5.74, 6) is 2.68. The van der Waals surface area contributed by atoms with Gasteiger partial charge in [0.2, 0.25) is 5.75 Å². The second-order valence-corrected chi connectivity index (χ2v) is 8.03. The van der Waals surface area contributed by atoms with Crippen LogP contribution in [0.4, 0.5) is 0 Å². The number of nitrogens with one attached hydrogen (secondary N) is 2. The van der Waals surface area contributed by atoms with Crippen molar-refractivity contribution in [2.45, 2.75) is 45.4 Å². The van der Waals surface area contributed by atoms with Gasteiger partial charge < -0.3 is 24.8 Å². The second kappa shape index (κ2) is 11.6. The Morgan fingerprint density at radius 3 is 2.44 bits per heavy atom. The first-order chi connectivity index (χ1) is 15.6. The summed E-state index contributed by atoms with van der Waals surface area (Å²) in [7, 11) is 4.86. The van der Waals surface area contributed by atoms with Crippen LogP contribution in [0.5, 0.6) is 17.2 Å². The van der Waals surface area contributed by atoms with Crippen molar-refractivity contribution in [3.05, 3.63) is 53.6 Å². The van der Waals surface area contributed by atoms with E-state index in [4.69, 9.17) is 19.2 Å². The Morgan fingerprint density at radius 2 is 1.78 bits per heavy atom. The molecule has 1 fully saturated rings. The monoisotopic (exact) mass is 440 g/mol. The van der Waals surface area contributed by atoms with E-state index in [1.165, 1.54) is 5.56 Å². The number of methoxy groups -OCH3 is 3. The lowest BCUT2D eigenvalue weighted by Gasteiger charge is -2.21. The van der Waals surface area contributed by atoms with E-state index in [-0.39, 0.29) is 0 Å². The standard InChI is InChI=1S/C25H36N4O3/c1-6-26-25(27-15-20-12-13-22(30-3)24(32-5)23(20)31-4)28-21-14-18(2)29(17-21)16-19-10-8-7-9-11-19/h7-13,18,21H,6,14-17H2,1-5H3,(H2,26,27,28). The Hall–Kier alpha value is -2.93. The fourth-order valence-corrected chi connectivity index (χ4v) is 4.21. The van der Waals surface area contributed by atoms with Crippen molar-refractivity contribution in [2.75, 3.05) is 34.4 Å². The minimum Gasteiger partial charge on any atom is -0.493 e. The van der Waals surface area contributed by atoms with Crippen LogP contribution in [0, 0.1) is 0 Å². The molecule has 2 atom stereocenters. The quantitative estimate of drug-likeness (QED) is 0.460. The molecule has 0 aliphatic carbocycles. The SMILES string of the molecule is CCNC(=NCc1ccc(OC)c(OC)c1OC)NC1CC(C)N(Cc2ccccc2)C1. The summed E-state index contributed by atoms with van der Waals surface area (Å²) in [5.41, 5.74) is 2.29. The van der Waals surface area contributed by atoms with E-state index in [2.05, 4.69) is 59.7 Å². The molecule has 1 aliphatic heterocycles. The van der Waals surface area contributed by atoms with E-state index >= 15 is 0 Å². The van der Waals surface area contributed by atoms with Crippen LogP contribution in [0.1, 0.15) is 31.4 Å². The van der Waals surface area contributed by atoms with Gasteiger partial charge in [0.1, 0.15) is 0 Å². The molecule has 2 aromatic carbocycles. The number of aliphatic imine (C=N–C) groups is 1. The predicted octanol–water partition coefficient (Wildman–Crippen LogP) is 3.43. The van der Waals surface area contributed by atoms with Gasteiger partial charge in [-0.1, -0.05) is 30.3 Å². The molecule has 2 aromatic rings. The second-order valence-electron chi connectivity index (χ2n) is 8.03. The molecule has 1 aliphatic rings. The minimum atomic E-state index is 0.346. The molecule has 3 rings (SSSR count). The van der Waals surface area contributed by atoms with Crippen molar-refractivity contribution in [3.63, 3.8) is 0 Å². The van der Waals surface area contributed by atoms with Gasteiger partial charge in [-0.3, -0.25) is 4.90 Å². The first kappa shape index (κ1) is 23.7. The summed E-state index contributed by atoms with van der Waals surface area (Å²) in [6, 6.07) is 15.4. The van der Waals surface area contributed by atoms with Crippen molar-refractivity contribution in [1.82, 2.24) is 15.5 Å². The summed E-state index contributed by atoms with van der Waals surface area (Å²) >= 11 is 0. The number of guanidine groups is 1. The van der Waals surface area contributed by atoms with Crippen LogP contribution in [0.3, 0.4) is 0 Å². The molecular formula is C25H36N4O3. The molecule has 0 bridgehead atoms. The van der Waals surface area contributed by atoms with Gasteiger partial charge in [0.15, 0.2) is 17.5 Å². The van der Waals surface area contributed by atoms with E-state index in [9.17, 15) is 0 Å². The predicted molar refractivity (Wildman–Crippen MR) is 129 cm³/mol. The third-order valence-corrected chi connectivity index (χ3v) is 5.81. The Bertz CT molecular complexity index is 888. The van der Waals surface area contributed by atoms with Gasteiger partial charge in [-0.05, 0) is 38.0 Å². The van der Waals surface area contributed by atoms with Gasteiger partial charge in [-0.15, -0.1) is 0 Å². The molecule has 0 aromatic heterocycles. The molecule has 32 heavy (non-hydrogen) atoms. The Morgan fingerprint density at radius 1 is 1.03 bits per heavy atom. The van der Waals surface area contributed by atoms with Crippen LogP contribution in [-0.4, -0.2) is 57.4 Å². The third kappa shape index (κ3) is 5.85. The smallest absolute Gasteiger partial charge is 0.203 e. The Balaban J connectivity index is 1.68. The zero-order valence-corrected chi connectivity index (χ0v) is 19.9. The highest BCUT2D eigenvalue weighted by molar-refractivity contribution is 5.80. The number of hydrogen-bond acceptors (Lipinski definition) is 5. The lowest BCUT2D eigenvalue weighted by molar-refractivity contribution is 0.258. The molecule has 0 saturated carbocycles. The molecule has 1 saturated heterocycles. The summed E-state index contributed by atoms with van der Waals surface area (Å²) in [5, 5.41) is 6.99. The molecule has 2 unspecified atom stereocenters. The van der Waals surface area contributed by atoms with E-state index in [1.807, 2.05) is 12.1 Å². The van der Waals surface area contributed by atoms with E-state index < -0.39 is 0 Å². The van der Waals surface area contributed by atoms with Gasteiger partial charge in [0.25, 0.3) is 0 Å². The molecule has 174 valence electrons. The molecular weight excluding hydrogens is 404 g/mol. The van der Waals surface area contributed by atoms with Crippen molar-refractivity contribution in [2.24, 2.45) is 4.99 Å². The molecule has 0 radical (unpaired) electrons. The van der Waals surface area contributed by atoms with Gasteiger partial charge in [-0.2, -0.15) is 0 Å². The zero-order valence-electron chi connectivity index (χ0n) is 19.9. The number of nitrogens with zero attached hydrogens (tertiary/aromatic N) is 2. The Labute approximate surface area is 191 Å². The number of likely N-dealkylation sites (tertiary alicyclic amines) is 1. The first-order valence-electron chi connectivity index (χ1n) is 11.2. The number of benzene rings is 2. The van der Waals surface area contributed by atoms with Gasteiger partial charge in [0.05, 0.1) is 27.9 Å². The van der Waals surface area contributed by atoms with Crippen molar-refractivity contribution >= 4 is 5.96 Å². The van der Waals surface area contributed by atoms with Gasteiger partial charge >= 0.3 is 0 Å². The normalized spacial score (nSPS) is 19.0. The lowest BCUT2D eigenvalue weighted by atomic mass is 10.1. The average Bonchev–Trinajstić information content (AvgIpc) is 3.15. The van der Waals surface area contributed by atoms with Crippen molar-refractivity contribution in [1.29, 1.82) is 0 Å². The largest absolute Gasteiger partial charge is 0.493 e. The average molecular weight is 441 g/mol. The molecule has 0 amide bonds. The van der Waals surface area contributed by atoms with Crippen LogP contribution in [0.15, 0.2) is 47.5 Å². The van der Waals surface area contributed by atoms with Crippen LogP contribution >= 0.6 is 0 Å². The molecule has 0 spiro atoms. The van der Waals surface area contributed by atoms with Gasteiger partial charge in [-0.25, -0.2) is 4.99 Å². The maximum absolute atomic E-state index is 5.60. The third-order valence-electron chi connectivity index (χ3n) is 5.81. The fraction of sp³-hybridized carbons (Fsp3) is 0.480.